The molecule has 24 heavy (non-hydrogen) atoms. The molecule has 132 valence electrons. The van der Waals surface area contributed by atoms with Crippen molar-refractivity contribution in [3.63, 3.8) is 0 Å². The lowest BCUT2D eigenvalue weighted by molar-refractivity contribution is -0.137. The Balaban J connectivity index is 1.92. The molecule has 2 rings (SSSR count). The summed E-state index contributed by atoms with van der Waals surface area (Å²) in [5.41, 5.74) is -0.574. The molecule has 0 N–H and O–H groups in total. The Morgan fingerprint density at radius 3 is 2.08 bits per heavy atom. The summed E-state index contributed by atoms with van der Waals surface area (Å²) in [4.78, 5) is 27.4. The first-order chi connectivity index (χ1) is 11.3. The van der Waals surface area contributed by atoms with Gasteiger partial charge in [-0.05, 0) is 24.3 Å². The number of piperazine rings is 1. The van der Waals surface area contributed by atoms with Crippen LogP contribution in [-0.4, -0.2) is 61.5 Å². The fourth-order valence-corrected chi connectivity index (χ4v) is 2.49. The van der Waals surface area contributed by atoms with E-state index in [0.29, 0.717) is 39.2 Å². The van der Waals surface area contributed by atoms with Crippen LogP contribution in [0.3, 0.4) is 0 Å². The molecule has 1 fully saturated rings. The van der Waals surface area contributed by atoms with E-state index in [1.54, 1.807) is 9.80 Å². The molecule has 5 nitrogen and oxygen atoms in total. The SMILES string of the molecule is COCCC(=O)N1CCN(C(=O)c2ccc(C(F)(F)F)cc2)CC1. The highest BCUT2D eigenvalue weighted by Gasteiger charge is 2.31. The van der Waals surface area contributed by atoms with Gasteiger partial charge in [0.2, 0.25) is 5.91 Å². The number of nitrogens with zero attached hydrogens (tertiary/aromatic N) is 2. The maximum absolute atomic E-state index is 12.5. The van der Waals surface area contributed by atoms with Gasteiger partial charge in [-0.2, -0.15) is 13.2 Å². The van der Waals surface area contributed by atoms with Gasteiger partial charge >= 0.3 is 6.18 Å². The summed E-state index contributed by atoms with van der Waals surface area (Å²) in [6, 6.07) is 4.16. The highest BCUT2D eigenvalue weighted by atomic mass is 19.4. The van der Waals surface area contributed by atoms with Crippen LogP contribution in [0.25, 0.3) is 0 Å². The molecule has 1 aromatic carbocycles. The van der Waals surface area contributed by atoms with E-state index in [1.807, 2.05) is 0 Å². The average Bonchev–Trinajstić information content (AvgIpc) is 2.58. The summed E-state index contributed by atoms with van der Waals surface area (Å²) in [5.74, 6) is -0.355. The molecule has 0 radical (unpaired) electrons. The van der Waals surface area contributed by atoms with Gasteiger partial charge in [0.25, 0.3) is 5.91 Å². The number of carbonyl (C=O) groups is 2. The molecule has 2 amide bonds. The average molecular weight is 344 g/mol. The molecule has 1 aliphatic heterocycles. The molecule has 0 atom stereocenters. The van der Waals surface area contributed by atoms with E-state index in [9.17, 15) is 22.8 Å². The van der Waals surface area contributed by atoms with E-state index in [0.717, 1.165) is 12.1 Å². The maximum Gasteiger partial charge on any atom is 0.416 e. The van der Waals surface area contributed by atoms with Crippen molar-refractivity contribution < 1.29 is 27.5 Å². The first kappa shape index (κ1) is 18.3. The molecular formula is C16H19F3N2O3. The summed E-state index contributed by atoms with van der Waals surface area (Å²) >= 11 is 0. The number of hydrogen-bond acceptors (Lipinski definition) is 3. The molecule has 1 saturated heterocycles. The van der Waals surface area contributed by atoms with Gasteiger partial charge in [-0.25, -0.2) is 0 Å². The van der Waals surface area contributed by atoms with Gasteiger partial charge in [-0.1, -0.05) is 0 Å². The molecule has 0 spiro atoms. The topological polar surface area (TPSA) is 49.9 Å². The predicted molar refractivity (Wildman–Crippen MR) is 80.4 cm³/mol. The lowest BCUT2D eigenvalue weighted by atomic mass is 10.1. The van der Waals surface area contributed by atoms with Crippen LogP contribution in [0.15, 0.2) is 24.3 Å². The predicted octanol–water partition coefficient (Wildman–Crippen LogP) is 2.03. The summed E-state index contributed by atoms with van der Waals surface area (Å²) < 4.78 is 42.5. The Morgan fingerprint density at radius 1 is 1.04 bits per heavy atom. The first-order valence-corrected chi connectivity index (χ1v) is 7.56. The zero-order valence-electron chi connectivity index (χ0n) is 13.3. The molecular weight excluding hydrogens is 325 g/mol. The molecule has 8 heteroatoms. The molecule has 0 aromatic heterocycles. The molecule has 1 aromatic rings. The minimum Gasteiger partial charge on any atom is -0.384 e. The van der Waals surface area contributed by atoms with Crippen molar-refractivity contribution in [1.82, 2.24) is 9.80 Å². The Morgan fingerprint density at radius 2 is 1.58 bits per heavy atom. The number of benzene rings is 1. The van der Waals surface area contributed by atoms with Crippen LogP contribution >= 0.6 is 0 Å². The smallest absolute Gasteiger partial charge is 0.384 e. The van der Waals surface area contributed by atoms with Crippen molar-refractivity contribution >= 4 is 11.8 Å². The summed E-state index contributed by atoms with van der Waals surface area (Å²) in [5, 5.41) is 0. The lowest BCUT2D eigenvalue weighted by Gasteiger charge is -2.35. The van der Waals surface area contributed by atoms with E-state index in [1.165, 1.54) is 19.2 Å². The second-order valence-corrected chi connectivity index (χ2v) is 5.49. The van der Waals surface area contributed by atoms with Crippen LogP contribution in [0.2, 0.25) is 0 Å². The van der Waals surface area contributed by atoms with Gasteiger partial charge < -0.3 is 14.5 Å². The monoisotopic (exact) mass is 344 g/mol. The van der Waals surface area contributed by atoms with Gasteiger partial charge in [0.15, 0.2) is 0 Å². The van der Waals surface area contributed by atoms with Crippen molar-refractivity contribution in [3.8, 4) is 0 Å². The zero-order valence-corrected chi connectivity index (χ0v) is 13.3. The minimum atomic E-state index is -4.42. The van der Waals surface area contributed by atoms with Crippen molar-refractivity contribution in [3.05, 3.63) is 35.4 Å². The minimum absolute atomic E-state index is 0.0292. The van der Waals surface area contributed by atoms with E-state index in [4.69, 9.17) is 4.74 Å². The second-order valence-electron chi connectivity index (χ2n) is 5.49. The highest BCUT2D eigenvalue weighted by Crippen LogP contribution is 2.29. The number of halogens is 3. The van der Waals surface area contributed by atoms with Crippen molar-refractivity contribution in [2.45, 2.75) is 12.6 Å². The molecule has 1 aliphatic rings. The van der Waals surface area contributed by atoms with E-state index in [-0.39, 0.29) is 17.4 Å². The lowest BCUT2D eigenvalue weighted by Crippen LogP contribution is -2.50. The summed E-state index contributed by atoms with van der Waals surface area (Å²) in [6.07, 6.45) is -4.13. The summed E-state index contributed by atoms with van der Waals surface area (Å²) in [7, 11) is 1.52. The fourth-order valence-electron chi connectivity index (χ4n) is 2.49. The summed E-state index contributed by atoms with van der Waals surface area (Å²) in [6.45, 7) is 1.89. The standard InChI is InChI=1S/C16H19F3N2O3/c1-24-11-6-14(22)20-7-9-21(10-8-20)15(23)12-2-4-13(5-3-12)16(17,18)19/h2-5H,6-11H2,1H3. The van der Waals surface area contributed by atoms with E-state index in [2.05, 4.69) is 0 Å². The maximum atomic E-state index is 12.5. The van der Waals surface area contributed by atoms with Crippen LogP contribution in [0.5, 0.6) is 0 Å². The zero-order chi connectivity index (χ0) is 17.7. The largest absolute Gasteiger partial charge is 0.416 e. The Bertz CT molecular complexity index is 579. The number of ether oxygens (including phenoxy) is 1. The molecule has 0 saturated carbocycles. The molecule has 1 heterocycles. The Labute approximate surface area is 138 Å². The third-order valence-electron chi connectivity index (χ3n) is 3.90. The number of methoxy groups -OCH3 is 1. The van der Waals surface area contributed by atoms with E-state index < -0.39 is 11.7 Å². The number of rotatable bonds is 4. The number of carbonyl (C=O) groups excluding carboxylic acids is 2. The Hall–Kier alpha value is -2.09. The van der Waals surface area contributed by atoms with Gasteiger partial charge in [-0.15, -0.1) is 0 Å². The van der Waals surface area contributed by atoms with Crippen LogP contribution in [0, 0.1) is 0 Å². The molecule has 0 bridgehead atoms. The van der Waals surface area contributed by atoms with Gasteiger partial charge in [-0.3, -0.25) is 9.59 Å². The second kappa shape index (κ2) is 7.65. The van der Waals surface area contributed by atoms with Crippen molar-refractivity contribution in [1.29, 1.82) is 0 Å². The van der Waals surface area contributed by atoms with Gasteiger partial charge in [0.05, 0.1) is 18.6 Å². The highest BCUT2D eigenvalue weighted by molar-refractivity contribution is 5.94. The van der Waals surface area contributed by atoms with Crippen LogP contribution in [0.1, 0.15) is 22.3 Å². The third kappa shape index (κ3) is 4.47. The van der Waals surface area contributed by atoms with Crippen molar-refractivity contribution in [2.75, 3.05) is 39.9 Å². The van der Waals surface area contributed by atoms with Gasteiger partial charge in [0.1, 0.15) is 0 Å². The number of hydrogen-bond donors (Lipinski definition) is 0. The molecule has 0 unspecified atom stereocenters. The Kier molecular flexibility index (Phi) is 5.82. The fraction of sp³-hybridized carbons (Fsp3) is 0.500. The van der Waals surface area contributed by atoms with Gasteiger partial charge in [0, 0.05) is 38.9 Å². The van der Waals surface area contributed by atoms with Crippen LogP contribution < -0.4 is 0 Å². The third-order valence-corrected chi connectivity index (χ3v) is 3.90. The van der Waals surface area contributed by atoms with E-state index >= 15 is 0 Å². The normalized spacial score (nSPS) is 15.5. The van der Waals surface area contributed by atoms with Crippen LogP contribution in [-0.2, 0) is 15.7 Å². The number of amides is 2. The first-order valence-electron chi connectivity index (χ1n) is 7.56. The quantitative estimate of drug-likeness (QED) is 0.840. The molecule has 0 aliphatic carbocycles. The van der Waals surface area contributed by atoms with Crippen LogP contribution in [0.4, 0.5) is 13.2 Å². The number of alkyl halides is 3. The van der Waals surface area contributed by atoms with Crippen molar-refractivity contribution in [2.24, 2.45) is 0 Å².